The highest BCUT2D eigenvalue weighted by molar-refractivity contribution is 5.67. The van der Waals surface area contributed by atoms with E-state index in [0.717, 1.165) is 45.4 Å². The number of piperidine rings is 1. The van der Waals surface area contributed by atoms with Crippen molar-refractivity contribution in [1.29, 1.82) is 0 Å². The number of likely N-dealkylation sites (tertiary alicyclic amines) is 2. The van der Waals surface area contributed by atoms with Crippen molar-refractivity contribution in [1.82, 2.24) is 9.80 Å². The van der Waals surface area contributed by atoms with E-state index >= 15 is 0 Å². The summed E-state index contributed by atoms with van der Waals surface area (Å²) in [6.07, 6.45) is 2.96. The topological polar surface area (TPSA) is 32.8 Å². The molecule has 126 valence electrons. The van der Waals surface area contributed by atoms with Crippen LogP contribution in [0.15, 0.2) is 24.3 Å². The third-order valence-electron chi connectivity index (χ3n) is 5.07. The number of rotatable bonds is 3. The van der Waals surface area contributed by atoms with Crippen LogP contribution in [-0.2, 0) is 4.74 Å². The molecule has 2 saturated heterocycles. The Balaban J connectivity index is 1.50. The van der Waals surface area contributed by atoms with Gasteiger partial charge in [-0.15, -0.1) is 0 Å². The minimum Gasteiger partial charge on any atom is -0.450 e. The van der Waals surface area contributed by atoms with E-state index in [1.165, 1.54) is 5.56 Å². The summed E-state index contributed by atoms with van der Waals surface area (Å²) >= 11 is 0. The maximum Gasteiger partial charge on any atom is 0.409 e. The number of halogens is 1. The van der Waals surface area contributed by atoms with E-state index in [4.69, 9.17) is 4.74 Å². The van der Waals surface area contributed by atoms with Crippen molar-refractivity contribution in [3.05, 3.63) is 35.6 Å². The number of ether oxygens (including phenoxy) is 1. The van der Waals surface area contributed by atoms with E-state index in [2.05, 4.69) is 4.90 Å². The SMILES string of the molecule is CCOC(=O)N1CCC(N2CC[C@H](c3ccc(F)cc3)C2)CC1. The average Bonchev–Trinajstić information content (AvgIpc) is 3.06. The van der Waals surface area contributed by atoms with Crippen LogP contribution in [0, 0.1) is 5.82 Å². The van der Waals surface area contributed by atoms with E-state index < -0.39 is 0 Å². The molecule has 4 nitrogen and oxygen atoms in total. The van der Waals surface area contributed by atoms with Crippen LogP contribution in [0.5, 0.6) is 0 Å². The molecule has 2 fully saturated rings. The van der Waals surface area contributed by atoms with E-state index in [9.17, 15) is 9.18 Å². The van der Waals surface area contributed by atoms with Crippen LogP contribution in [-0.4, -0.2) is 54.7 Å². The van der Waals surface area contributed by atoms with Crippen LogP contribution in [0.4, 0.5) is 9.18 Å². The van der Waals surface area contributed by atoms with Gasteiger partial charge in [-0.05, 0) is 56.3 Å². The molecule has 1 amide bonds. The molecule has 1 atom stereocenters. The van der Waals surface area contributed by atoms with Gasteiger partial charge in [-0.1, -0.05) is 12.1 Å². The fourth-order valence-electron chi connectivity index (χ4n) is 3.75. The number of carbonyl (C=O) groups excluding carboxylic acids is 1. The molecule has 2 aliphatic heterocycles. The van der Waals surface area contributed by atoms with Gasteiger partial charge in [-0.2, -0.15) is 0 Å². The first-order valence-corrected chi connectivity index (χ1v) is 8.58. The van der Waals surface area contributed by atoms with Crippen molar-refractivity contribution in [3.63, 3.8) is 0 Å². The zero-order valence-corrected chi connectivity index (χ0v) is 13.7. The van der Waals surface area contributed by atoms with Gasteiger partial charge < -0.3 is 9.64 Å². The lowest BCUT2D eigenvalue weighted by Crippen LogP contribution is -2.46. The molecule has 0 spiro atoms. The molecule has 0 aromatic heterocycles. The molecule has 3 rings (SSSR count). The fourth-order valence-corrected chi connectivity index (χ4v) is 3.75. The second-order valence-electron chi connectivity index (χ2n) is 6.45. The molecule has 0 aliphatic carbocycles. The summed E-state index contributed by atoms with van der Waals surface area (Å²) in [7, 11) is 0. The highest BCUT2D eigenvalue weighted by atomic mass is 19.1. The molecule has 1 aromatic carbocycles. The second kappa shape index (κ2) is 7.30. The quantitative estimate of drug-likeness (QED) is 0.857. The van der Waals surface area contributed by atoms with Gasteiger partial charge in [-0.25, -0.2) is 9.18 Å². The van der Waals surface area contributed by atoms with Crippen LogP contribution in [0.1, 0.15) is 37.7 Å². The van der Waals surface area contributed by atoms with Crippen LogP contribution in [0.2, 0.25) is 0 Å². The summed E-state index contributed by atoms with van der Waals surface area (Å²) < 4.78 is 18.1. The zero-order chi connectivity index (χ0) is 16.2. The maximum atomic E-state index is 13.0. The molecule has 0 radical (unpaired) electrons. The first-order valence-electron chi connectivity index (χ1n) is 8.58. The fraction of sp³-hybridized carbons (Fsp3) is 0.611. The number of benzene rings is 1. The van der Waals surface area contributed by atoms with Gasteiger partial charge in [0.05, 0.1) is 6.61 Å². The van der Waals surface area contributed by atoms with E-state index in [0.29, 0.717) is 18.6 Å². The molecule has 2 heterocycles. The van der Waals surface area contributed by atoms with Gasteiger partial charge in [0.1, 0.15) is 5.82 Å². The Kier molecular flexibility index (Phi) is 5.16. The summed E-state index contributed by atoms with van der Waals surface area (Å²) in [6, 6.07) is 7.47. The lowest BCUT2D eigenvalue weighted by molar-refractivity contribution is 0.0802. The van der Waals surface area contributed by atoms with Crippen molar-refractivity contribution in [2.45, 2.75) is 38.1 Å². The average molecular weight is 320 g/mol. The van der Waals surface area contributed by atoms with Crippen molar-refractivity contribution in [3.8, 4) is 0 Å². The standard InChI is InChI=1S/C18H25FN2O2/c1-2-23-18(22)20-11-8-17(9-12-20)21-10-7-15(13-21)14-3-5-16(19)6-4-14/h3-6,15,17H,2,7-13H2,1H3/t15-/m0/s1. The molecule has 1 aromatic rings. The molecule has 0 saturated carbocycles. The molecule has 5 heteroatoms. The molecule has 0 N–H and O–H groups in total. The van der Waals surface area contributed by atoms with Gasteiger partial charge in [0.15, 0.2) is 0 Å². The first kappa shape index (κ1) is 16.2. The predicted molar refractivity (Wildman–Crippen MR) is 86.9 cm³/mol. The Bertz CT molecular complexity index is 526. The Morgan fingerprint density at radius 3 is 2.52 bits per heavy atom. The molecule has 23 heavy (non-hydrogen) atoms. The molecular formula is C18H25FN2O2. The molecule has 0 unspecified atom stereocenters. The summed E-state index contributed by atoms with van der Waals surface area (Å²) in [5.74, 6) is 0.327. The predicted octanol–water partition coefficient (Wildman–Crippen LogP) is 3.24. The minimum absolute atomic E-state index is 0.171. The third kappa shape index (κ3) is 3.83. The van der Waals surface area contributed by atoms with Crippen LogP contribution >= 0.6 is 0 Å². The molecular weight excluding hydrogens is 295 g/mol. The van der Waals surface area contributed by atoms with Crippen LogP contribution in [0.25, 0.3) is 0 Å². The number of carbonyl (C=O) groups is 1. The van der Waals surface area contributed by atoms with Gasteiger partial charge in [0.2, 0.25) is 0 Å². The van der Waals surface area contributed by atoms with E-state index in [1.54, 1.807) is 12.1 Å². The monoisotopic (exact) mass is 320 g/mol. The normalized spacial score (nSPS) is 23.2. The number of nitrogens with zero attached hydrogens (tertiary/aromatic N) is 2. The van der Waals surface area contributed by atoms with Crippen LogP contribution in [0.3, 0.4) is 0 Å². The Labute approximate surface area is 137 Å². The number of hydrogen-bond donors (Lipinski definition) is 0. The second-order valence-corrected chi connectivity index (χ2v) is 6.45. The van der Waals surface area contributed by atoms with Crippen molar-refractivity contribution >= 4 is 6.09 Å². The Hall–Kier alpha value is -1.62. The molecule has 0 bridgehead atoms. The van der Waals surface area contributed by atoms with Gasteiger partial charge in [0.25, 0.3) is 0 Å². The van der Waals surface area contributed by atoms with Crippen molar-refractivity contribution < 1.29 is 13.9 Å². The largest absolute Gasteiger partial charge is 0.450 e. The Morgan fingerprint density at radius 1 is 1.17 bits per heavy atom. The van der Waals surface area contributed by atoms with Crippen molar-refractivity contribution in [2.75, 3.05) is 32.8 Å². The Morgan fingerprint density at radius 2 is 1.87 bits per heavy atom. The zero-order valence-electron chi connectivity index (χ0n) is 13.7. The minimum atomic E-state index is -0.184. The van der Waals surface area contributed by atoms with Gasteiger partial charge in [-0.3, -0.25) is 4.90 Å². The molecule has 2 aliphatic rings. The highest BCUT2D eigenvalue weighted by Gasteiger charge is 2.32. The van der Waals surface area contributed by atoms with E-state index in [-0.39, 0.29) is 11.9 Å². The number of amides is 1. The summed E-state index contributed by atoms with van der Waals surface area (Å²) in [4.78, 5) is 16.1. The number of hydrogen-bond acceptors (Lipinski definition) is 3. The summed E-state index contributed by atoms with van der Waals surface area (Å²) in [6.45, 7) is 5.96. The first-order chi connectivity index (χ1) is 11.2. The van der Waals surface area contributed by atoms with Crippen molar-refractivity contribution in [2.24, 2.45) is 0 Å². The third-order valence-corrected chi connectivity index (χ3v) is 5.07. The van der Waals surface area contributed by atoms with E-state index in [1.807, 2.05) is 24.0 Å². The maximum absolute atomic E-state index is 13.0. The highest BCUT2D eigenvalue weighted by Crippen LogP contribution is 2.31. The van der Waals surface area contributed by atoms with Gasteiger partial charge in [0, 0.05) is 25.7 Å². The lowest BCUT2D eigenvalue weighted by atomic mass is 9.98. The lowest BCUT2D eigenvalue weighted by Gasteiger charge is -2.36. The smallest absolute Gasteiger partial charge is 0.409 e. The van der Waals surface area contributed by atoms with Gasteiger partial charge >= 0.3 is 6.09 Å². The summed E-state index contributed by atoms with van der Waals surface area (Å²) in [5.41, 5.74) is 1.23. The summed E-state index contributed by atoms with van der Waals surface area (Å²) in [5, 5.41) is 0. The van der Waals surface area contributed by atoms with Crippen LogP contribution < -0.4 is 0 Å².